The van der Waals surface area contributed by atoms with E-state index in [1.165, 1.54) is 11.3 Å². The molecule has 2 bridgehead atoms. The molecule has 0 radical (unpaired) electrons. The minimum Gasteiger partial charge on any atom is -0.499 e. The lowest BCUT2D eigenvalue weighted by molar-refractivity contribution is -0.217. The maximum Gasteiger partial charge on any atom is 0.327 e. The van der Waals surface area contributed by atoms with Crippen LogP contribution in [0.25, 0.3) is 6.08 Å². The molecule has 56 heavy (non-hydrogen) atoms. The zero-order chi connectivity index (χ0) is 39.7. The number of hydroxylamine groups is 2. The molecule has 3 aliphatic heterocycles. The van der Waals surface area contributed by atoms with E-state index in [-0.39, 0.29) is 58.6 Å². The number of carbonyl (C=O) groups excluding carboxylic acids is 4. The number of fused-ring (bicyclic) bond motifs is 5. The highest BCUT2D eigenvalue weighted by Gasteiger charge is 2.76. The summed E-state index contributed by atoms with van der Waals surface area (Å²) in [5, 5.41) is 26.1. The van der Waals surface area contributed by atoms with E-state index in [0.29, 0.717) is 12.8 Å². The van der Waals surface area contributed by atoms with Gasteiger partial charge in [0.15, 0.2) is 11.8 Å². The first kappa shape index (κ1) is 39.8. The first-order valence-electron chi connectivity index (χ1n) is 19.3. The van der Waals surface area contributed by atoms with Crippen LogP contribution in [0.1, 0.15) is 68.7 Å². The zero-order valence-electron chi connectivity index (χ0n) is 31.9. The number of carbonyl (C=O) groups is 4. The van der Waals surface area contributed by atoms with Crippen LogP contribution in [0.3, 0.4) is 0 Å². The number of aliphatic hydroxyl groups is 2. The second-order valence-corrected chi connectivity index (χ2v) is 16.1. The van der Waals surface area contributed by atoms with Crippen molar-refractivity contribution in [3.63, 3.8) is 0 Å². The van der Waals surface area contributed by atoms with Gasteiger partial charge in [-0.1, -0.05) is 48.5 Å². The van der Waals surface area contributed by atoms with Crippen LogP contribution in [0.15, 0.2) is 54.8 Å². The van der Waals surface area contributed by atoms with Gasteiger partial charge in [-0.15, -0.1) is 0 Å². The van der Waals surface area contributed by atoms with Crippen LogP contribution in [0.5, 0.6) is 0 Å². The van der Waals surface area contributed by atoms with Gasteiger partial charge >= 0.3 is 11.9 Å². The fourth-order valence-corrected chi connectivity index (χ4v) is 8.66. The normalized spacial score (nSPS) is 27.7. The fourth-order valence-electron chi connectivity index (χ4n) is 8.66. The number of aliphatic hydroxyl groups excluding tert-OH is 2. The van der Waals surface area contributed by atoms with Crippen molar-refractivity contribution in [1.82, 2.24) is 15.7 Å². The molecule has 4 N–H and O–H groups in total. The van der Waals surface area contributed by atoms with Gasteiger partial charge in [-0.2, -0.15) is 5.06 Å². The third-order valence-electron chi connectivity index (χ3n) is 11.0. The van der Waals surface area contributed by atoms with Crippen LogP contribution >= 0.6 is 0 Å². The Morgan fingerprint density at radius 3 is 2.45 bits per heavy atom. The van der Waals surface area contributed by atoms with Gasteiger partial charge in [0.1, 0.15) is 42.0 Å². The Balaban J connectivity index is 1.09. The molecule has 2 aliphatic carbocycles. The summed E-state index contributed by atoms with van der Waals surface area (Å²) >= 11 is 0. The van der Waals surface area contributed by atoms with E-state index in [1.807, 2.05) is 48.5 Å². The molecular weight excluding hydrogens is 726 g/mol. The standard InChI is InChI=1S/C41H51N3O12/c1-39(2,3)53-32(48)13-12-29(24-46)43-31(47)14-16-42-38(50)41-22-30-33-34(55-40(54-33)20-26-9-5-6-10-27(26)21-40)36(41)56-44(35(41)37(49)52-30)23-28-11-7-4-8-25(28)15-18-51-19-17-45/h4-11,15,18,29-30,33-36,45-46H,12-14,16-17,19-24H2,1-3H3,(H,42,50)(H,43,47). The molecular formula is C41H51N3O12. The molecule has 2 aromatic rings. The van der Waals surface area contributed by atoms with Gasteiger partial charge in [-0.05, 0) is 55.5 Å². The zero-order valence-corrected chi connectivity index (χ0v) is 31.9. The number of hydrogen-bond donors (Lipinski definition) is 4. The van der Waals surface area contributed by atoms with E-state index >= 15 is 0 Å². The predicted molar refractivity (Wildman–Crippen MR) is 198 cm³/mol. The summed E-state index contributed by atoms with van der Waals surface area (Å²) in [6.07, 6.45) is 1.27. The van der Waals surface area contributed by atoms with Crippen LogP contribution in [0.4, 0.5) is 0 Å². The molecule has 1 spiro atoms. The summed E-state index contributed by atoms with van der Waals surface area (Å²) in [4.78, 5) is 60.6. The molecule has 0 aromatic heterocycles. The number of esters is 2. The van der Waals surface area contributed by atoms with Crippen molar-refractivity contribution in [1.29, 1.82) is 0 Å². The summed E-state index contributed by atoms with van der Waals surface area (Å²) < 4.78 is 30.3. The van der Waals surface area contributed by atoms with Crippen LogP contribution < -0.4 is 10.6 Å². The van der Waals surface area contributed by atoms with Crippen molar-refractivity contribution >= 4 is 29.8 Å². The molecule has 302 valence electrons. The number of benzene rings is 2. The highest BCUT2D eigenvalue weighted by molar-refractivity contribution is 5.94. The molecule has 15 nitrogen and oxygen atoms in total. The number of nitrogens with one attached hydrogen (secondary N) is 2. The van der Waals surface area contributed by atoms with Gasteiger partial charge in [0.2, 0.25) is 11.8 Å². The Kier molecular flexibility index (Phi) is 11.5. The molecule has 15 heteroatoms. The van der Waals surface area contributed by atoms with E-state index in [1.54, 1.807) is 26.8 Å². The van der Waals surface area contributed by atoms with Crippen LogP contribution in [-0.4, -0.2) is 113 Å². The Hall–Kier alpha value is -4.38. The van der Waals surface area contributed by atoms with Crippen molar-refractivity contribution in [2.75, 3.05) is 26.4 Å². The van der Waals surface area contributed by atoms with E-state index in [2.05, 4.69) is 10.6 Å². The molecule has 2 aromatic carbocycles. The second kappa shape index (κ2) is 16.2. The SMILES string of the molecule is CC(C)(C)OC(=O)CCC(CO)NC(=O)CCNC(=O)C12CC3OC(=O)C1N(Cc1ccccc1C=COCCO)OC2C1OC2(Cc4ccccc4C2)OC31. The molecule has 7 atom stereocenters. The van der Waals surface area contributed by atoms with Crippen molar-refractivity contribution < 1.29 is 57.9 Å². The minimum atomic E-state index is -1.45. The first-order valence-corrected chi connectivity index (χ1v) is 19.3. The van der Waals surface area contributed by atoms with Gasteiger partial charge in [-0.3, -0.25) is 24.0 Å². The third-order valence-corrected chi connectivity index (χ3v) is 11.0. The van der Waals surface area contributed by atoms with Gasteiger partial charge in [-0.25, -0.2) is 0 Å². The van der Waals surface area contributed by atoms with Crippen molar-refractivity contribution in [2.45, 2.75) is 114 Å². The van der Waals surface area contributed by atoms with E-state index in [9.17, 15) is 24.3 Å². The molecule has 3 saturated heterocycles. The Labute approximate surface area is 325 Å². The molecule has 7 rings (SSSR count). The van der Waals surface area contributed by atoms with E-state index in [0.717, 1.165) is 22.3 Å². The van der Waals surface area contributed by atoms with Gasteiger partial charge < -0.3 is 44.5 Å². The number of nitrogens with zero attached hydrogens (tertiary/aromatic N) is 1. The monoisotopic (exact) mass is 777 g/mol. The smallest absolute Gasteiger partial charge is 0.327 e. The molecule has 7 unspecified atom stereocenters. The summed E-state index contributed by atoms with van der Waals surface area (Å²) in [5.41, 5.74) is 1.67. The minimum absolute atomic E-state index is 0.0121. The molecule has 4 fully saturated rings. The van der Waals surface area contributed by atoms with Crippen molar-refractivity contribution in [3.05, 3.63) is 77.0 Å². The quantitative estimate of drug-likeness (QED) is 0.117. The number of hydrogen-bond acceptors (Lipinski definition) is 13. The van der Waals surface area contributed by atoms with Crippen molar-refractivity contribution in [2.24, 2.45) is 5.41 Å². The maximum absolute atomic E-state index is 14.6. The summed E-state index contributed by atoms with van der Waals surface area (Å²) in [7, 11) is 0. The Morgan fingerprint density at radius 2 is 1.73 bits per heavy atom. The highest BCUT2D eigenvalue weighted by Crippen LogP contribution is 2.58. The van der Waals surface area contributed by atoms with E-state index < -0.39 is 77.1 Å². The van der Waals surface area contributed by atoms with Gasteiger partial charge in [0, 0.05) is 38.6 Å². The Bertz CT molecular complexity index is 1800. The van der Waals surface area contributed by atoms with Crippen LogP contribution in [0, 0.1) is 5.41 Å². The summed E-state index contributed by atoms with van der Waals surface area (Å²) in [5.74, 6) is -2.97. The van der Waals surface area contributed by atoms with Gasteiger partial charge in [0.05, 0.1) is 32.1 Å². The fraction of sp³-hybridized carbons (Fsp3) is 0.561. The number of rotatable bonds is 15. The Morgan fingerprint density at radius 1 is 1.02 bits per heavy atom. The molecule has 3 heterocycles. The van der Waals surface area contributed by atoms with E-state index in [4.69, 9.17) is 33.6 Å². The predicted octanol–water partition coefficient (Wildman–Crippen LogP) is 1.85. The number of ether oxygens (including phenoxy) is 5. The lowest BCUT2D eigenvalue weighted by Crippen LogP contribution is -2.69. The average molecular weight is 778 g/mol. The molecule has 1 saturated carbocycles. The highest BCUT2D eigenvalue weighted by atomic mass is 16.8. The topological polar surface area (TPSA) is 191 Å². The molecule has 2 amide bonds. The first-order chi connectivity index (χ1) is 26.8. The summed E-state index contributed by atoms with van der Waals surface area (Å²) in [6.45, 7) is 4.95. The lowest BCUT2D eigenvalue weighted by Gasteiger charge is -2.48. The third kappa shape index (κ3) is 8.06. The van der Waals surface area contributed by atoms with Crippen molar-refractivity contribution in [3.8, 4) is 0 Å². The largest absolute Gasteiger partial charge is 0.499 e. The number of amides is 2. The van der Waals surface area contributed by atoms with Gasteiger partial charge in [0.25, 0.3) is 0 Å². The second-order valence-electron chi connectivity index (χ2n) is 16.1. The van der Waals surface area contributed by atoms with Crippen LogP contribution in [0.2, 0.25) is 0 Å². The lowest BCUT2D eigenvalue weighted by atomic mass is 9.62. The molecule has 5 aliphatic rings. The average Bonchev–Trinajstić information content (AvgIpc) is 3.83. The summed E-state index contributed by atoms with van der Waals surface area (Å²) in [6, 6.07) is 13.7. The maximum atomic E-state index is 14.6. The van der Waals surface area contributed by atoms with Crippen LogP contribution in [-0.2, 0) is 67.1 Å².